The van der Waals surface area contributed by atoms with E-state index in [9.17, 15) is 0 Å². The molecule has 76 valence electrons. The zero-order chi connectivity index (χ0) is 9.64. The lowest BCUT2D eigenvalue weighted by Gasteiger charge is -2.22. The molecule has 0 spiro atoms. The molecule has 0 saturated carbocycles. The van der Waals surface area contributed by atoms with Gasteiger partial charge in [0.25, 0.3) is 0 Å². The second-order valence-corrected chi connectivity index (χ2v) is 3.59. The van der Waals surface area contributed by atoms with Crippen LogP contribution in [0, 0.1) is 5.92 Å². The zero-order valence-electron chi connectivity index (χ0n) is 8.15. The average Bonchev–Trinajstić information content (AvgIpc) is 2.29. The van der Waals surface area contributed by atoms with Crippen molar-refractivity contribution in [3.05, 3.63) is 18.3 Å². The average molecular weight is 193 g/mol. The van der Waals surface area contributed by atoms with E-state index in [0.29, 0.717) is 11.8 Å². The molecule has 4 heteroatoms. The number of hydrogen-bond donors (Lipinski definition) is 1. The van der Waals surface area contributed by atoms with Crippen molar-refractivity contribution in [1.29, 1.82) is 0 Å². The highest BCUT2D eigenvalue weighted by Crippen LogP contribution is 2.11. The first-order chi connectivity index (χ1) is 6.95. The molecule has 1 fully saturated rings. The molecule has 1 N–H and O–H groups in total. The van der Waals surface area contributed by atoms with Gasteiger partial charge < -0.3 is 10.1 Å². The molecule has 0 aliphatic carbocycles. The Morgan fingerprint density at radius 2 is 2.57 bits per heavy atom. The van der Waals surface area contributed by atoms with Crippen molar-refractivity contribution in [3.63, 3.8) is 0 Å². The molecule has 0 aromatic carbocycles. The molecule has 2 rings (SSSR count). The van der Waals surface area contributed by atoms with Crippen LogP contribution in [0.1, 0.15) is 12.8 Å². The van der Waals surface area contributed by atoms with Crippen LogP contribution in [0.2, 0.25) is 0 Å². The summed E-state index contributed by atoms with van der Waals surface area (Å²) in [5.74, 6) is 1.24. The molecule has 1 aromatic heterocycles. The van der Waals surface area contributed by atoms with E-state index in [2.05, 4.69) is 15.5 Å². The van der Waals surface area contributed by atoms with Gasteiger partial charge in [0.2, 0.25) is 5.88 Å². The SMILES string of the molecule is c1cnnc(OC[C@H]2CCCNC2)c1. The maximum atomic E-state index is 5.53. The van der Waals surface area contributed by atoms with Crippen LogP contribution >= 0.6 is 0 Å². The van der Waals surface area contributed by atoms with Gasteiger partial charge in [0.1, 0.15) is 0 Å². The summed E-state index contributed by atoms with van der Waals surface area (Å²) < 4.78 is 5.53. The van der Waals surface area contributed by atoms with Crippen molar-refractivity contribution in [1.82, 2.24) is 15.5 Å². The predicted molar refractivity (Wildman–Crippen MR) is 53.1 cm³/mol. The Balaban J connectivity index is 1.76. The standard InChI is InChI=1S/C10H15N3O/c1-3-9(7-11-5-1)8-14-10-4-2-6-12-13-10/h2,4,6,9,11H,1,3,5,7-8H2/t9-/m0/s1. The van der Waals surface area contributed by atoms with Gasteiger partial charge in [-0.25, -0.2) is 0 Å². The minimum absolute atomic E-state index is 0.616. The number of ether oxygens (including phenoxy) is 1. The highest BCUT2D eigenvalue weighted by molar-refractivity contribution is 5.05. The number of nitrogens with one attached hydrogen (secondary N) is 1. The molecule has 0 bridgehead atoms. The van der Waals surface area contributed by atoms with Gasteiger partial charge in [-0.3, -0.25) is 0 Å². The van der Waals surface area contributed by atoms with Crippen LogP contribution in [0.15, 0.2) is 18.3 Å². The Hall–Kier alpha value is -1.16. The summed E-state index contributed by atoms with van der Waals surface area (Å²) >= 11 is 0. The monoisotopic (exact) mass is 193 g/mol. The molecule has 0 amide bonds. The highest BCUT2D eigenvalue weighted by Gasteiger charge is 2.13. The van der Waals surface area contributed by atoms with E-state index in [1.165, 1.54) is 12.8 Å². The molecule has 1 aliphatic rings. The van der Waals surface area contributed by atoms with Crippen LogP contribution in [0.5, 0.6) is 5.88 Å². The largest absolute Gasteiger partial charge is 0.476 e. The smallest absolute Gasteiger partial charge is 0.233 e. The molecule has 1 saturated heterocycles. The molecular weight excluding hydrogens is 178 g/mol. The Bertz CT molecular complexity index is 259. The van der Waals surface area contributed by atoms with E-state index in [0.717, 1.165) is 19.7 Å². The van der Waals surface area contributed by atoms with Crippen LogP contribution < -0.4 is 10.1 Å². The molecule has 0 radical (unpaired) electrons. The van der Waals surface area contributed by atoms with Crippen molar-refractivity contribution >= 4 is 0 Å². The summed E-state index contributed by atoms with van der Waals surface area (Å²) in [6, 6.07) is 3.67. The molecule has 0 unspecified atom stereocenters. The summed E-state index contributed by atoms with van der Waals surface area (Å²) in [7, 11) is 0. The molecule has 14 heavy (non-hydrogen) atoms. The maximum Gasteiger partial charge on any atom is 0.233 e. The second-order valence-electron chi connectivity index (χ2n) is 3.59. The quantitative estimate of drug-likeness (QED) is 0.773. The summed E-state index contributed by atoms with van der Waals surface area (Å²) in [5.41, 5.74) is 0. The van der Waals surface area contributed by atoms with Crippen LogP contribution in [0.3, 0.4) is 0 Å². The van der Waals surface area contributed by atoms with Crippen molar-refractivity contribution in [2.45, 2.75) is 12.8 Å². The molecule has 1 aliphatic heterocycles. The molecule has 1 aromatic rings. The number of rotatable bonds is 3. The first-order valence-corrected chi connectivity index (χ1v) is 5.06. The summed E-state index contributed by atoms with van der Waals surface area (Å²) in [5, 5.41) is 11.0. The lowest BCUT2D eigenvalue weighted by atomic mass is 10.0. The van der Waals surface area contributed by atoms with Gasteiger partial charge >= 0.3 is 0 Å². The summed E-state index contributed by atoms with van der Waals surface area (Å²) in [6.07, 6.45) is 4.14. The minimum Gasteiger partial charge on any atom is -0.476 e. The van der Waals surface area contributed by atoms with Gasteiger partial charge in [-0.2, -0.15) is 5.10 Å². The summed E-state index contributed by atoms with van der Waals surface area (Å²) in [4.78, 5) is 0. The number of piperidine rings is 1. The number of aromatic nitrogens is 2. The van der Waals surface area contributed by atoms with E-state index in [1.807, 2.05) is 12.1 Å². The van der Waals surface area contributed by atoms with Crippen LogP contribution in [0.4, 0.5) is 0 Å². The third-order valence-corrected chi connectivity index (χ3v) is 2.41. The lowest BCUT2D eigenvalue weighted by molar-refractivity contribution is 0.210. The van der Waals surface area contributed by atoms with Crippen LogP contribution in [0.25, 0.3) is 0 Å². The first kappa shape index (κ1) is 9.40. The van der Waals surface area contributed by atoms with Crippen LogP contribution in [-0.2, 0) is 0 Å². The van der Waals surface area contributed by atoms with Gasteiger partial charge in [-0.15, -0.1) is 5.10 Å². The Morgan fingerprint density at radius 1 is 1.57 bits per heavy atom. The normalized spacial score (nSPS) is 21.9. The maximum absolute atomic E-state index is 5.53. The van der Waals surface area contributed by atoms with Crippen molar-refractivity contribution in [2.24, 2.45) is 5.92 Å². The molecule has 4 nitrogen and oxygen atoms in total. The van der Waals surface area contributed by atoms with E-state index in [1.54, 1.807) is 6.20 Å². The predicted octanol–water partition coefficient (Wildman–Crippen LogP) is 0.855. The fourth-order valence-electron chi connectivity index (χ4n) is 1.63. The first-order valence-electron chi connectivity index (χ1n) is 5.06. The van der Waals surface area contributed by atoms with Gasteiger partial charge in [0.15, 0.2) is 0 Å². The lowest BCUT2D eigenvalue weighted by Crippen LogP contribution is -2.33. The minimum atomic E-state index is 0.616. The van der Waals surface area contributed by atoms with Gasteiger partial charge in [-0.1, -0.05) is 0 Å². The third-order valence-electron chi connectivity index (χ3n) is 2.41. The molecule has 2 heterocycles. The third kappa shape index (κ3) is 2.67. The van der Waals surface area contributed by atoms with E-state index < -0.39 is 0 Å². The van der Waals surface area contributed by atoms with Crippen molar-refractivity contribution in [3.8, 4) is 5.88 Å². The Morgan fingerprint density at radius 3 is 3.29 bits per heavy atom. The fraction of sp³-hybridized carbons (Fsp3) is 0.600. The van der Waals surface area contributed by atoms with Crippen molar-refractivity contribution in [2.75, 3.05) is 19.7 Å². The van der Waals surface area contributed by atoms with Crippen LogP contribution in [-0.4, -0.2) is 29.9 Å². The number of hydrogen-bond acceptors (Lipinski definition) is 4. The topological polar surface area (TPSA) is 47.0 Å². The summed E-state index contributed by atoms with van der Waals surface area (Å²) in [6.45, 7) is 2.94. The van der Waals surface area contributed by atoms with Gasteiger partial charge in [0, 0.05) is 24.7 Å². The van der Waals surface area contributed by atoms with Crippen molar-refractivity contribution < 1.29 is 4.74 Å². The van der Waals surface area contributed by atoms with E-state index >= 15 is 0 Å². The number of nitrogens with zero attached hydrogens (tertiary/aromatic N) is 2. The van der Waals surface area contributed by atoms with Gasteiger partial charge in [-0.05, 0) is 25.5 Å². The highest BCUT2D eigenvalue weighted by atomic mass is 16.5. The zero-order valence-corrected chi connectivity index (χ0v) is 8.15. The van der Waals surface area contributed by atoms with E-state index in [-0.39, 0.29) is 0 Å². The fourth-order valence-corrected chi connectivity index (χ4v) is 1.63. The Kier molecular flexibility index (Phi) is 3.29. The van der Waals surface area contributed by atoms with E-state index in [4.69, 9.17) is 4.74 Å². The second kappa shape index (κ2) is 4.91. The molecule has 1 atom stereocenters. The van der Waals surface area contributed by atoms with Gasteiger partial charge in [0.05, 0.1) is 6.61 Å². The Labute approximate surface area is 83.7 Å². The molecular formula is C10H15N3O.